The first-order valence-electron chi connectivity index (χ1n) is 20.8. The van der Waals surface area contributed by atoms with E-state index in [0.29, 0.717) is 0 Å². The van der Waals surface area contributed by atoms with Crippen molar-refractivity contribution in [1.82, 2.24) is 4.57 Å². The molecule has 61 heavy (non-hydrogen) atoms. The lowest BCUT2D eigenvalue weighted by atomic mass is 9.94. The molecule has 2 heterocycles. The van der Waals surface area contributed by atoms with Crippen LogP contribution in [0.25, 0.3) is 93.6 Å². The fourth-order valence-corrected chi connectivity index (χ4v) is 9.37. The Morgan fingerprint density at radius 3 is 1.69 bits per heavy atom. The van der Waals surface area contributed by atoms with E-state index in [9.17, 15) is 0 Å². The Bertz CT molecular complexity index is 3570. The highest BCUT2D eigenvalue weighted by atomic mass is 16.3. The second kappa shape index (κ2) is 14.3. The molecule has 2 aromatic heterocycles. The number of furan rings is 1. The molecule has 3 nitrogen and oxygen atoms in total. The summed E-state index contributed by atoms with van der Waals surface area (Å²) in [6.45, 7) is 0. The second-order valence-corrected chi connectivity index (χ2v) is 15.7. The highest BCUT2D eigenvalue weighted by molar-refractivity contribution is 6.24. The molecule has 0 unspecified atom stereocenters. The van der Waals surface area contributed by atoms with Crippen LogP contribution in [0.5, 0.6) is 0 Å². The van der Waals surface area contributed by atoms with E-state index >= 15 is 0 Å². The number of anilines is 3. The summed E-state index contributed by atoms with van der Waals surface area (Å²) in [5.41, 5.74) is 15.3. The van der Waals surface area contributed by atoms with Gasteiger partial charge in [-0.1, -0.05) is 164 Å². The van der Waals surface area contributed by atoms with Crippen molar-refractivity contribution in [1.29, 1.82) is 0 Å². The first-order valence-corrected chi connectivity index (χ1v) is 20.8. The molecule has 12 rings (SSSR count). The van der Waals surface area contributed by atoms with Gasteiger partial charge in [-0.2, -0.15) is 0 Å². The van der Waals surface area contributed by atoms with E-state index in [1.54, 1.807) is 0 Å². The molecule has 0 bridgehead atoms. The maximum atomic E-state index is 7.16. The molecule has 0 spiro atoms. The van der Waals surface area contributed by atoms with Crippen molar-refractivity contribution in [2.75, 3.05) is 4.90 Å². The van der Waals surface area contributed by atoms with E-state index < -0.39 is 0 Å². The zero-order valence-electron chi connectivity index (χ0n) is 33.2. The Hall–Kier alpha value is -8.14. The Kier molecular flexibility index (Phi) is 8.17. The van der Waals surface area contributed by atoms with Gasteiger partial charge in [0.15, 0.2) is 5.58 Å². The highest BCUT2D eigenvalue weighted by Gasteiger charge is 2.23. The van der Waals surface area contributed by atoms with E-state index in [1.807, 2.05) is 0 Å². The number of nitrogens with zero attached hydrogens (tertiary/aromatic N) is 2. The van der Waals surface area contributed by atoms with Gasteiger partial charge >= 0.3 is 0 Å². The molecule has 10 aromatic carbocycles. The molecule has 12 aromatic rings. The van der Waals surface area contributed by atoms with Crippen molar-refractivity contribution in [3.8, 4) is 39.1 Å². The number of fused-ring (bicyclic) bond motifs is 8. The van der Waals surface area contributed by atoms with Gasteiger partial charge in [0.05, 0.1) is 16.7 Å². The fourth-order valence-electron chi connectivity index (χ4n) is 9.37. The Labute approximate surface area is 353 Å². The molecular weight excluding hydrogens is 741 g/mol. The summed E-state index contributed by atoms with van der Waals surface area (Å²) in [7, 11) is 0. The lowest BCUT2D eigenvalue weighted by molar-refractivity contribution is 0.669. The van der Waals surface area contributed by atoms with Gasteiger partial charge in [0.2, 0.25) is 0 Å². The lowest BCUT2D eigenvalue weighted by Crippen LogP contribution is -2.10. The van der Waals surface area contributed by atoms with Gasteiger partial charge in [-0.25, -0.2) is 0 Å². The monoisotopic (exact) mass is 778 g/mol. The molecule has 286 valence electrons. The number of para-hydroxylation sites is 3. The van der Waals surface area contributed by atoms with Crippen molar-refractivity contribution in [3.05, 3.63) is 231 Å². The van der Waals surface area contributed by atoms with Gasteiger partial charge in [0, 0.05) is 38.6 Å². The molecule has 0 aliphatic rings. The van der Waals surface area contributed by atoms with E-state index in [0.717, 1.165) is 61.4 Å². The molecule has 0 radical (unpaired) electrons. The van der Waals surface area contributed by atoms with Crippen LogP contribution in [-0.2, 0) is 0 Å². The first kappa shape index (κ1) is 34.9. The smallest absolute Gasteiger partial charge is 0.159 e. The van der Waals surface area contributed by atoms with Crippen LogP contribution in [-0.4, -0.2) is 4.57 Å². The molecule has 0 fully saturated rings. The number of hydrogen-bond donors (Lipinski definition) is 0. The minimum Gasteiger partial charge on any atom is -0.454 e. The Morgan fingerprint density at radius 2 is 0.918 bits per heavy atom. The predicted octanol–water partition coefficient (Wildman–Crippen LogP) is 16.3. The van der Waals surface area contributed by atoms with E-state index in [2.05, 4.69) is 240 Å². The van der Waals surface area contributed by atoms with Gasteiger partial charge in [-0.05, 0) is 111 Å². The minimum absolute atomic E-state index is 0.846. The Morgan fingerprint density at radius 1 is 0.344 bits per heavy atom. The molecule has 0 aliphatic carbocycles. The summed E-state index contributed by atoms with van der Waals surface area (Å²) in [4.78, 5) is 2.34. The van der Waals surface area contributed by atoms with Crippen LogP contribution in [0.2, 0.25) is 0 Å². The molecule has 0 saturated heterocycles. The number of hydrogen-bond acceptors (Lipinski definition) is 2. The van der Waals surface area contributed by atoms with Gasteiger partial charge in [-0.15, -0.1) is 0 Å². The number of aromatic nitrogens is 1. The minimum atomic E-state index is 0.846. The summed E-state index contributed by atoms with van der Waals surface area (Å²) in [5, 5.41) is 7.02. The standard InChI is InChI=1S/C58H38N2O/c1-4-16-39(17-5-1)41-30-33-45(34-31-41)59(46-23-14-20-42(36-46)40-18-6-2-7-19-40)55-29-15-27-50-57-49-26-11-10-24-47(49)51(38-56(57)61-58(50)55)43-32-35-54-52(37-43)48-25-12-13-28-53(48)60(54)44-21-8-3-9-22-44/h1-38H. The summed E-state index contributed by atoms with van der Waals surface area (Å²) in [6.07, 6.45) is 0. The van der Waals surface area contributed by atoms with Crippen molar-refractivity contribution in [3.63, 3.8) is 0 Å². The van der Waals surface area contributed by atoms with Crippen molar-refractivity contribution >= 4 is 71.6 Å². The van der Waals surface area contributed by atoms with Gasteiger partial charge in [-0.3, -0.25) is 0 Å². The molecule has 0 atom stereocenters. The third-order valence-electron chi connectivity index (χ3n) is 12.2. The van der Waals surface area contributed by atoms with Crippen LogP contribution in [0.15, 0.2) is 235 Å². The molecule has 3 heteroatoms. The van der Waals surface area contributed by atoms with Crippen molar-refractivity contribution < 1.29 is 4.42 Å². The lowest BCUT2D eigenvalue weighted by Gasteiger charge is -2.26. The fraction of sp³-hybridized carbons (Fsp3) is 0. The quantitative estimate of drug-likeness (QED) is 0.161. The number of rotatable bonds is 7. The third-order valence-corrected chi connectivity index (χ3v) is 12.2. The van der Waals surface area contributed by atoms with Crippen LogP contribution < -0.4 is 4.90 Å². The molecule has 0 aliphatic heterocycles. The maximum absolute atomic E-state index is 7.16. The van der Waals surface area contributed by atoms with Crippen LogP contribution in [0.4, 0.5) is 17.1 Å². The van der Waals surface area contributed by atoms with Crippen LogP contribution in [0, 0.1) is 0 Å². The molecule has 0 amide bonds. The maximum Gasteiger partial charge on any atom is 0.159 e. The molecule has 0 saturated carbocycles. The van der Waals surface area contributed by atoms with Crippen LogP contribution in [0.3, 0.4) is 0 Å². The van der Waals surface area contributed by atoms with Gasteiger partial charge in [0.1, 0.15) is 5.58 Å². The largest absolute Gasteiger partial charge is 0.454 e. The van der Waals surface area contributed by atoms with E-state index in [4.69, 9.17) is 4.42 Å². The van der Waals surface area contributed by atoms with E-state index in [1.165, 1.54) is 49.3 Å². The summed E-state index contributed by atoms with van der Waals surface area (Å²) >= 11 is 0. The van der Waals surface area contributed by atoms with E-state index in [-0.39, 0.29) is 0 Å². The van der Waals surface area contributed by atoms with Crippen LogP contribution in [0.1, 0.15) is 0 Å². The van der Waals surface area contributed by atoms with Gasteiger partial charge in [0.25, 0.3) is 0 Å². The summed E-state index contributed by atoms with van der Waals surface area (Å²) < 4.78 is 9.53. The predicted molar refractivity (Wildman–Crippen MR) is 257 cm³/mol. The third kappa shape index (κ3) is 5.82. The normalized spacial score (nSPS) is 11.6. The first-order chi connectivity index (χ1) is 30.3. The molecular formula is C58H38N2O. The number of benzene rings is 10. The second-order valence-electron chi connectivity index (χ2n) is 15.7. The average Bonchev–Trinajstić information content (AvgIpc) is 3.89. The topological polar surface area (TPSA) is 21.3 Å². The highest BCUT2D eigenvalue weighted by Crippen LogP contribution is 2.47. The van der Waals surface area contributed by atoms with Crippen molar-refractivity contribution in [2.24, 2.45) is 0 Å². The molecule has 0 N–H and O–H groups in total. The average molecular weight is 779 g/mol. The SMILES string of the molecule is c1ccc(-c2ccc(N(c3cccc(-c4ccccc4)c3)c3cccc4c3oc3cc(-c5ccc6c(c5)c5ccccc5n6-c5ccccc5)c5ccccc5c34)cc2)cc1. The van der Waals surface area contributed by atoms with Crippen LogP contribution >= 0.6 is 0 Å². The van der Waals surface area contributed by atoms with Gasteiger partial charge < -0.3 is 13.9 Å². The zero-order chi connectivity index (χ0) is 40.3. The van der Waals surface area contributed by atoms with Crippen molar-refractivity contribution in [2.45, 2.75) is 0 Å². The zero-order valence-corrected chi connectivity index (χ0v) is 33.2. The Balaban J connectivity index is 1.06. The summed E-state index contributed by atoms with van der Waals surface area (Å²) in [6, 6.07) is 82.6. The summed E-state index contributed by atoms with van der Waals surface area (Å²) in [5.74, 6) is 0.